The molecular weight excluding hydrogens is 576 g/mol. The highest BCUT2D eigenvalue weighted by atomic mass is 16.8. The summed E-state index contributed by atoms with van der Waals surface area (Å²) in [6.45, 7) is 7.60. The second kappa shape index (κ2) is 18.9. The zero-order valence-electron chi connectivity index (χ0n) is 24.1. The molecule has 0 aliphatic heterocycles. The maximum absolute atomic E-state index is 12.5. The van der Waals surface area contributed by atoms with Crippen molar-refractivity contribution in [3.8, 4) is 0 Å². The Kier molecular flexibility index (Phi) is 16.0. The van der Waals surface area contributed by atoms with Crippen LogP contribution in [0.15, 0.2) is 0 Å². The van der Waals surface area contributed by atoms with Crippen molar-refractivity contribution in [1.82, 2.24) is 0 Å². The van der Waals surface area contributed by atoms with E-state index in [9.17, 15) is 28.8 Å². The summed E-state index contributed by atoms with van der Waals surface area (Å²) in [5.74, 6) is 0. The van der Waals surface area contributed by atoms with E-state index in [1.165, 1.54) is 41.5 Å². The van der Waals surface area contributed by atoms with Crippen molar-refractivity contribution in [3.63, 3.8) is 0 Å². The first-order chi connectivity index (χ1) is 20.1. The molecule has 0 heterocycles. The second-order valence-electron chi connectivity index (χ2n) is 7.59. The highest BCUT2D eigenvalue weighted by Gasteiger charge is 2.62. The van der Waals surface area contributed by atoms with Crippen molar-refractivity contribution in [2.45, 2.75) is 78.2 Å². The highest BCUT2D eigenvalue weighted by molar-refractivity contribution is 5.65. The Bertz CT molecular complexity index is 708. The molecule has 0 saturated heterocycles. The van der Waals surface area contributed by atoms with Crippen LogP contribution in [0.1, 0.15) is 41.5 Å². The topological polar surface area (TPSA) is 213 Å². The Balaban J connectivity index is 3.90. The number of ether oxygens (including phenoxy) is 12. The lowest BCUT2D eigenvalue weighted by Gasteiger charge is -2.45. The van der Waals surface area contributed by atoms with E-state index in [1.54, 1.807) is 0 Å². The summed E-state index contributed by atoms with van der Waals surface area (Å²) in [6.07, 6.45) is -20.1. The van der Waals surface area contributed by atoms with Crippen molar-refractivity contribution >= 4 is 36.9 Å². The predicted molar refractivity (Wildman–Crippen MR) is 131 cm³/mol. The third kappa shape index (κ3) is 11.2. The minimum absolute atomic E-state index is 0.182. The van der Waals surface area contributed by atoms with Gasteiger partial charge in [0.25, 0.3) is 0 Å². The van der Waals surface area contributed by atoms with Gasteiger partial charge in [-0.15, -0.1) is 0 Å². The number of rotatable bonds is 12. The third-order valence-electron chi connectivity index (χ3n) is 4.91. The molecule has 0 bridgehead atoms. The quantitative estimate of drug-likeness (QED) is 0.228. The van der Waals surface area contributed by atoms with Crippen LogP contribution < -0.4 is 0 Å². The first-order valence-electron chi connectivity index (χ1n) is 13.1. The summed E-state index contributed by atoms with van der Waals surface area (Å²) in [5, 5.41) is 0. The molecule has 0 aromatic rings. The summed E-state index contributed by atoms with van der Waals surface area (Å²) in [4.78, 5) is 74.8. The molecular formula is C24H36O18. The molecule has 18 nitrogen and oxygen atoms in total. The molecule has 0 aromatic carbocycles. The van der Waals surface area contributed by atoms with Crippen molar-refractivity contribution in [3.05, 3.63) is 0 Å². The largest absolute Gasteiger partial charge is 0.508 e. The average Bonchev–Trinajstić information content (AvgIpc) is 2.91. The van der Waals surface area contributed by atoms with Crippen molar-refractivity contribution in [1.29, 1.82) is 0 Å². The fourth-order valence-corrected chi connectivity index (χ4v) is 3.50. The number of carbonyl (C=O) groups excluding carboxylic acids is 6. The summed E-state index contributed by atoms with van der Waals surface area (Å²) in [7, 11) is 0. The Morgan fingerprint density at radius 1 is 0.310 bits per heavy atom. The van der Waals surface area contributed by atoms with Crippen LogP contribution in [0.2, 0.25) is 0 Å². The molecule has 42 heavy (non-hydrogen) atoms. The smallest absolute Gasteiger partial charge is 0.435 e. The Morgan fingerprint density at radius 3 is 0.524 bits per heavy atom. The Hall–Kier alpha value is -4.38. The highest BCUT2D eigenvalue weighted by Crippen LogP contribution is 2.35. The van der Waals surface area contributed by atoms with Gasteiger partial charge in [0.1, 0.15) is 0 Å². The molecule has 1 saturated carbocycles. The van der Waals surface area contributed by atoms with E-state index in [0.29, 0.717) is 0 Å². The minimum atomic E-state index is -1.97. The van der Waals surface area contributed by atoms with E-state index in [1.807, 2.05) is 0 Å². The molecule has 0 atom stereocenters. The minimum Gasteiger partial charge on any atom is -0.435 e. The van der Waals surface area contributed by atoms with E-state index < -0.39 is 73.6 Å². The van der Waals surface area contributed by atoms with Gasteiger partial charge in [0.05, 0.1) is 39.6 Å². The lowest BCUT2D eigenvalue weighted by Crippen LogP contribution is -2.69. The van der Waals surface area contributed by atoms with Gasteiger partial charge in [-0.3, -0.25) is 0 Å². The SMILES string of the molecule is CCOC(=O)OC1C(OC(=O)OCC)C(OC(=O)OCC)C(OC(=O)OCC)C(OC(=O)OCC)C1OC(=O)OCC. The van der Waals surface area contributed by atoms with E-state index in [0.717, 1.165) is 0 Å². The van der Waals surface area contributed by atoms with E-state index in [2.05, 4.69) is 0 Å². The van der Waals surface area contributed by atoms with Gasteiger partial charge in [0.15, 0.2) is 36.6 Å². The molecule has 0 spiro atoms. The normalized spacial score (nSPS) is 22.7. The van der Waals surface area contributed by atoms with E-state index in [-0.39, 0.29) is 39.6 Å². The molecule has 0 aromatic heterocycles. The Labute approximate surface area is 240 Å². The molecule has 1 fully saturated rings. The lowest BCUT2D eigenvalue weighted by atomic mass is 9.84. The van der Waals surface area contributed by atoms with Crippen LogP contribution in [0.25, 0.3) is 0 Å². The van der Waals surface area contributed by atoms with Crippen LogP contribution >= 0.6 is 0 Å². The number of hydrogen-bond donors (Lipinski definition) is 0. The molecule has 1 aliphatic carbocycles. The first-order valence-corrected chi connectivity index (χ1v) is 13.1. The van der Waals surface area contributed by atoms with Gasteiger partial charge in [0, 0.05) is 0 Å². The zero-order chi connectivity index (χ0) is 31.7. The van der Waals surface area contributed by atoms with Crippen LogP contribution in [0.3, 0.4) is 0 Å². The summed E-state index contributed by atoms with van der Waals surface area (Å²) < 4.78 is 60.6. The van der Waals surface area contributed by atoms with Gasteiger partial charge in [-0.25, -0.2) is 28.8 Å². The van der Waals surface area contributed by atoms with Crippen LogP contribution in [-0.4, -0.2) is 113 Å². The molecule has 1 rings (SSSR count). The monoisotopic (exact) mass is 612 g/mol. The molecule has 0 N–H and O–H groups in total. The van der Waals surface area contributed by atoms with Gasteiger partial charge in [-0.2, -0.15) is 0 Å². The van der Waals surface area contributed by atoms with Crippen molar-refractivity contribution in [2.24, 2.45) is 0 Å². The fourth-order valence-electron chi connectivity index (χ4n) is 3.50. The zero-order valence-corrected chi connectivity index (χ0v) is 24.1. The summed E-state index contributed by atoms with van der Waals surface area (Å²) in [6, 6.07) is 0. The average molecular weight is 613 g/mol. The third-order valence-corrected chi connectivity index (χ3v) is 4.91. The lowest BCUT2D eigenvalue weighted by molar-refractivity contribution is -0.239. The van der Waals surface area contributed by atoms with Crippen molar-refractivity contribution < 1.29 is 85.6 Å². The summed E-state index contributed by atoms with van der Waals surface area (Å²) in [5.41, 5.74) is 0. The van der Waals surface area contributed by atoms with Gasteiger partial charge in [-0.05, 0) is 41.5 Å². The van der Waals surface area contributed by atoms with Crippen LogP contribution in [0, 0.1) is 0 Å². The van der Waals surface area contributed by atoms with E-state index in [4.69, 9.17) is 56.8 Å². The standard InChI is InChI=1S/C24H36O18/c1-7-31-19(25)37-13-14(38-20(26)32-8-2)16(40-22(28)34-10-4)18(42-24(30)36-12-6)17(41-23(29)35-11-5)15(13)39-21(27)33-9-3/h13-18H,7-12H2,1-6H3. The molecule has 1 aliphatic rings. The fraction of sp³-hybridized carbons (Fsp3) is 0.750. The number of carbonyl (C=O) groups is 6. The maximum atomic E-state index is 12.5. The second-order valence-corrected chi connectivity index (χ2v) is 7.59. The van der Waals surface area contributed by atoms with Gasteiger partial charge in [-0.1, -0.05) is 0 Å². The van der Waals surface area contributed by atoms with E-state index >= 15 is 0 Å². The summed E-state index contributed by atoms with van der Waals surface area (Å²) >= 11 is 0. The van der Waals surface area contributed by atoms with Gasteiger partial charge < -0.3 is 56.8 Å². The number of hydrogen-bond acceptors (Lipinski definition) is 18. The van der Waals surface area contributed by atoms with Crippen molar-refractivity contribution in [2.75, 3.05) is 39.6 Å². The van der Waals surface area contributed by atoms with Crippen LogP contribution in [-0.2, 0) is 56.8 Å². The predicted octanol–water partition coefficient (Wildman–Crippen LogP) is 3.25. The molecule has 0 unspecified atom stereocenters. The maximum Gasteiger partial charge on any atom is 0.508 e. The Morgan fingerprint density at radius 2 is 0.429 bits per heavy atom. The molecule has 0 amide bonds. The molecule has 240 valence electrons. The van der Waals surface area contributed by atoms with Crippen LogP contribution in [0.5, 0.6) is 0 Å². The van der Waals surface area contributed by atoms with Gasteiger partial charge in [0.2, 0.25) is 0 Å². The van der Waals surface area contributed by atoms with Gasteiger partial charge >= 0.3 is 36.9 Å². The van der Waals surface area contributed by atoms with Crippen LogP contribution in [0.4, 0.5) is 28.8 Å². The molecule has 18 heteroatoms. The molecule has 0 radical (unpaired) electrons. The first kappa shape index (κ1) is 35.6.